The van der Waals surface area contributed by atoms with Gasteiger partial charge in [0.2, 0.25) is 0 Å². The molecule has 2 unspecified atom stereocenters. The number of carboxylic acids is 1. The lowest BCUT2D eigenvalue weighted by Crippen LogP contribution is -2.60. The number of carbonyl (C=O) groups excluding carboxylic acids is 3. The Hall–Kier alpha value is -2.70. The molecular weight excluding hydrogens is 312 g/mol. The molecule has 2 rings (SSSR count). The number of nitrogens with one attached hydrogen (secondary N) is 2. The van der Waals surface area contributed by atoms with Gasteiger partial charge in [0.1, 0.15) is 6.04 Å². The molecule has 1 heterocycles. The number of Topliss-reactive ketones (excluding diaryl/α,β-unsaturated/α-hetero) is 1. The first-order valence-electron chi connectivity index (χ1n) is 7.52. The minimum Gasteiger partial charge on any atom is -0.480 e. The molecule has 1 aliphatic heterocycles. The van der Waals surface area contributed by atoms with E-state index >= 15 is 0 Å². The summed E-state index contributed by atoms with van der Waals surface area (Å²) in [6, 6.07) is 6.31. The van der Waals surface area contributed by atoms with E-state index in [9.17, 15) is 24.3 Å². The van der Waals surface area contributed by atoms with Crippen LogP contribution in [0.5, 0.6) is 0 Å². The van der Waals surface area contributed by atoms with E-state index in [1.807, 2.05) is 5.32 Å². The Morgan fingerprint density at radius 3 is 2.12 bits per heavy atom. The van der Waals surface area contributed by atoms with E-state index in [2.05, 4.69) is 5.32 Å². The van der Waals surface area contributed by atoms with Crippen molar-refractivity contribution in [1.29, 1.82) is 0 Å². The van der Waals surface area contributed by atoms with E-state index in [-0.39, 0.29) is 6.42 Å². The number of rotatable bonds is 5. The molecule has 3 N–H and O–H groups in total. The molecule has 1 aliphatic rings. The summed E-state index contributed by atoms with van der Waals surface area (Å²) in [6.07, 6.45) is -0.197. The maximum absolute atomic E-state index is 13.1. The average Bonchev–Trinajstić information content (AvgIpc) is 2.83. The predicted octanol–water partition coefficient (Wildman–Crippen LogP) is 1.12. The van der Waals surface area contributed by atoms with Crippen LogP contribution in [0.1, 0.15) is 26.3 Å². The van der Waals surface area contributed by atoms with Crippen molar-refractivity contribution in [3.8, 4) is 0 Å². The number of aliphatic carboxylic acids is 1. The van der Waals surface area contributed by atoms with Gasteiger partial charge < -0.3 is 10.4 Å². The largest absolute Gasteiger partial charge is 0.480 e. The Labute approximate surface area is 139 Å². The molecule has 2 atom stereocenters. The molecule has 24 heavy (non-hydrogen) atoms. The zero-order valence-electron chi connectivity index (χ0n) is 13.8. The highest BCUT2D eigenvalue weighted by Gasteiger charge is 2.60. The molecule has 1 fully saturated rings. The van der Waals surface area contributed by atoms with Crippen molar-refractivity contribution in [1.82, 2.24) is 10.6 Å². The smallest absolute Gasteiger partial charge is 0.322 e. The van der Waals surface area contributed by atoms with E-state index < -0.39 is 40.6 Å². The quantitative estimate of drug-likeness (QED) is 0.552. The molecule has 1 saturated heterocycles. The summed E-state index contributed by atoms with van der Waals surface area (Å²) < 4.78 is 0. The summed E-state index contributed by atoms with van der Waals surface area (Å²) in [5, 5.41) is 14.2. The second-order valence-corrected chi connectivity index (χ2v) is 6.91. The molecule has 0 aliphatic carbocycles. The normalized spacial score (nSPS) is 20.0. The highest BCUT2D eigenvalue weighted by molar-refractivity contribution is 6.15. The maximum Gasteiger partial charge on any atom is 0.322 e. The fourth-order valence-electron chi connectivity index (χ4n) is 2.96. The zero-order valence-corrected chi connectivity index (χ0v) is 13.8. The Morgan fingerprint density at radius 2 is 1.71 bits per heavy atom. The molecule has 1 aromatic rings. The molecular formula is C17H20N2O5. The summed E-state index contributed by atoms with van der Waals surface area (Å²) in [5.41, 5.74) is -2.51. The summed E-state index contributed by atoms with van der Waals surface area (Å²) in [4.78, 5) is 48.9. The van der Waals surface area contributed by atoms with Crippen LogP contribution in [0.25, 0.3) is 0 Å². The maximum atomic E-state index is 13.1. The molecule has 0 spiro atoms. The second-order valence-electron chi connectivity index (χ2n) is 6.91. The average molecular weight is 332 g/mol. The van der Waals surface area contributed by atoms with Crippen LogP contribution >= 0.6 is 0 Å². The van der Waals surface area contributed by atoms with Crippen LogP contribution in [0.4, 0.5) is 4.79 Å². The van der Waals surface area contributed by atoms with Crippen molar-refractivity contribution < 1.29 is 24.3 Å². The number of urea groups is 1. The Morgan fingerprint density at radius 1 is 1.12 bits per heavy atom. The number of amides is 3. The van der Waals surface area contributed by atoms with Gasteiger partial charge in [0.05, 0.1) is 0 Å². The SMILES string of the molecule is CC(C)(C)C(=O)C(Cc1ccccc1)(C(=O)O)C1NC(=O)NC1=O. The van der Waals surface area contributed by atoms with Crippen molar-refractivity contribution >= 4 is 23.7 Å². The third-order valence-corrected chi connectivity index (χ3v) is 4.06. The van der Waals surface area contributed by atoms with Crippen LogP contribution in [-0.4, -0.2) is 34.8 Å². The van der Waals surface area contributed by atoms with Crippen molar-refractivity contribution in [3.05, 3.63) is 35.9 Å². The van der Waals surface area contributed by atoms with Crippen LogP contribution in [0.3, 0.4) is 0 Å². The van der Waals surface area contributed by atoms with E-state index in [1.54, 1.807) is 51.1 Å². The molecule has 7 heteroatoms. The van der Waals surface area contributed by atoms with Gasteiger partial charge in [0.25, 0.3) is 5.91 Å². The van der Waals surface area contributed by atoms with Gasteiger partial charge in [-0.1, -0.05) is 51.1 Å². The highest BCUT2D eigenvalue weighted by Crippen LogP contribution is 2.37. The molecule has 0 bridgehead atoms. The number of ketones is 1. The standard InChI is InChI=1S/C17H20N2O5/c1-16(2,3)13(21)17(14(22)23,9-10-7-5-4-6-8-10)11-12(20)19-15(24)18-11/h4-8,11H,9H2,1-3H3,(H,22,23)(H2,18,19,20,24). The molecule has 0 saturated carbocycles. The fraction of sp³-hybridized carbons (Fsp3) is 0.412. The number of carboxylic acid groups (broad SMARTS) is 1. The van der Waals surface area contributed by atoms with Gasteiger partial charge in [0, 0.05) is 5.41 Å². The number of hydrogen-bond donors (Lipinski definition) is 3. The number of carbonyl (C=O) groups is 4. The van der Waals surface area contributed by atoms with Crippen LogP contribution < -0.4 is 10.6 Å². The third-order valence-electron chi connectivity index (χ3n) is 4.06. The lowest BCUT2D eigenvalue weighted by molar-refractivity contribution is -0.162. The van der Waals surface area contributed by atoms with E-state index in [1.165, 1.54) is 0 Å². The summed E-state index contributed by atoms with van der Waals surface area (Å²) in [7, 11) is 0. The third kappa shape index (κ3) is 3.02. The van der Waals surface area contributed by atoms with Crippen LogP contribution in [0, 0.1) is 10.8 Å². The van der Waals surface area contributed by atoms with E-state index in [4.69, 9.17) is 0 Å². The Balaban J connectivity index is 2.61. The minimum atomic E-state index is -2.09. The van der Waals surface area contributed by atoms with Crippen molar-refractivity contribution in [2.75, 3.05) is 0 Å². The Bertz CT molecular complexity index is 693. The first kappa shape index (κ1) is 17.7. The van der Waals surface area contributed by atoms with E-state index in [0.717, 1.165) is 0 Å². The van der Waals surface area contributed by atoms with Crippen LogP contribution in [0.2, 0.25) is 0 Å². The highest BCUT2D eigenvalue weighted by atomic mass is 16.4. The van der Waals surface area contributed by atoms with Gasteiger partial charge in [-0.15, -0.1) is 0 Å². The molecule has 0 aromatic heterocycles. The van der Waals surface area contributed by atoms with Gasteiger partial charge in [-0.2, -0.15) is 0 Å². The molecule has 7 nitrogen and oxygen atoms in total. The summed E-state index contributed by atoms with van der Waals surface area (Å²) in [6.45, 7) is 4.77. The summed E-state index contributed by atoms with van der Waals surface area (Å²) in [5.74, 6) is -2.86. The van der Waals surface area contributed by atoms with Gasteiger partial charge in [0.15, 0.2) is 11.2 Å². The topological polar surface area (TPSA) is 113 Å². The monoisotopic (exact) mass is 332 g/mol. The van der Waals surface area contributed by atoms with Gasteiger partial charge >= 0.3 is 12.0 Å². The zero-order chi connectivity index (χ0) is 18.1. The lowest BCUT2D eigenvalue weighted by atomic mass is 9.65. The molecule has 1 aromatic carbocycles. The predicted molar refractivity (Wildman–Crippen MR) is 85.1 cm³/mol. The number of hydrogen-bond acceptors (Lipinski definition) is 4. The first-order valence-corrected chi connectivity index (χ1v) is 7.52. The summed E-state index contributed by atoms with van der Waals surface area (Å²) >= 11 is 0. The first-order chi connectivity index (χ1) is 11.1. The lowest BCUT2D eigenvalue weighted by Gasteiger charge is -2.36. The van der Waals surface area contributed by atoms with E-state index in [0.29, 0.717) is 5.56 Å². The van der Waals surface area contributed by atoms with Gasteiger partial charge in [-0.05, 0) is 12.0 Å². The number of benzene rings is 1. The minimum absolute atomic E-state index is 0.197. The van der Waals surface area contributed by atoms with Crippen molar-refractivity contribution in [2.24, 2.45) is 10.8 Å². The van der Waals surface area contributed by atoms with Crippen LogP contribution in [0.15, 0.2) is 30.3 Å². The molecule has 128 valence electrons. The Kier molecular flexibility index (Phi) is 4.46. The van der Waals surface area contributed by atoms with Crippen molar-refractivity contribution in [3.63, 3.8) is 0 Å². The van der Waals surface area contributed by atoms with Crippen molar-refractivity contribution in [2.45, 2.75) is 33.2 Å². The van der Waals surface area contributed by atoms with Gasteiger partial charge in [-0.25, -0.2) is 4.79 Å². The van der Waals surface area contributed by atoms with Crippen LogP contribution in [-0.2, 0) is 20.8 Å². The molecule has 0 radical (unpaired) electrons. The van der Waals surface area contributed by atoms with Gasteiger partial charge in [-0.3, -0.25) is 19.7 Å². The molecule has 3 amide bonds. The fourth-order valence-corrected chi connectivity index (χ4v) is 2.96. The number of imide groups is 1. The second kappa shape index (κ2) is 6.07.